The van der Waals surface area contributed by atoms with E-state index in [1.807, 2.05) is 0 Å². The molecular formula is C13H15ClN2O3. The summed E-state index contributed by atoms with van der Waals surface area (Å²) in [7, 11) is 0. The molecule has 0 bridgehead atoms. The number of carboxylic acid groups (broad SMARTS) is 1. The number of hydrogen-bond acceptors (Lipinski definition) is 3. The van der Waals surface area contributed by atoms with Crippen LogP contribution < -0.4 is 10.6 Å². The molecule has 6 heteroatoms. The molecule has 1 saturated carbocycles. The van der Waals surface area contributed by atoms with Gasteiger partial charge in [0.2, 0.25) is 5.91 Å². The Kier molecular flexibility index (Phi) is 4.39. The van der Waals surface area contributed by atoms with Gasteiger partial charge in [0.25, 0.3) is 0 Å². The number of hydrogen-bond donors (Lipinski definition) is 3. The molecule has 1 fully saturated rings. The van der Waals surface area contributed by atoms with Gasteiger partial charge < -0.3 is 15.7 Å². The van der Waals surface area contributed by atoms with E-state index in [-0.39, 0.29) is 16.5 Å². The normalized spacial score (nSPS) is 14.2. The molecule has 0 saturated heterocycles. The van der Waals surface area contributed by atoms with E-state index in [1.165, 1.54) is 31.0 Å². The highest BCUT2D eigenvalue weighted by molar-refractivity contribution is 6.31. The highest BCUT2D eigenvalue weighted by Gasteiger charge is 2.20. The molecule has 2 rings (SSSR count). The summed E-state index contributed by atoms with van der Waals surface area (Å²) in [4.78, 5) is 22.5. The number of carboxylic acids is 1. The molecule has 0 heterocycles. The van der Waals surface area contributed by atoms with Crippen molar-refractivity contribution in [3.63, 3.8) is 0 Å². The fourth-order valence-electron chi connectivity index (χ4n) is 1.69. The molecule has 1 aliphatic carbocycles. The van der Waals surface area contributed by atoms with E-state index < -0.39 is 5.97 Å². The van der Waals surface area contributed by atoms with E-state index >= 15 is 0 Å². The SMILES string of the molecule is O=C(CCNC1CC1)Nc1cc(Cl)cc(C(=O)O)c1. The van der Waals surface area contributed by atoms with Crippen molar-refractivity contribution in [3.05, 3.63) is 28.8 Å². The van der Waals surface area contributed by atoms with Crippen LogP contribution in [0.25, 0.3) is 0 Å². The summed E-state index contributed by atoms with van der Waals surface area (Å²) in [6.45, 7) is 0.628. The zero-order chi connectivity index (χ0) is 13.8. The molecule has 1 aromatic rings. The van der Waals surface area contributed by atoms with Crippen LogP contribution in [0.15, 0.2) is 18.2 Å². The molecule has 102 valence electrons. The Morgan fingerprint density at radius 3 is 2.68 bits per heavy atom. The molecule has 0 aromatic heterocycles. The maximum Gasteiger partial charge on any atom is 0.335 e. The van der Waals surface area contributed by atoms with Gasteiger partial charge in [0.15, 0.2) is 0 Å². The predicted molar refractivity (Wildman–Crippen MR) is 72.7 cm³/mol. The number of nitrogens with one attached hydrogen (secondary N) is 2. The van der Waals surface area contributed by atoms with Crippen molar-refractivity contribution in [3.8, 4) is 0 Å². The third kappa shape index (κ3) is 4.54. The first-order chi connectivity index (χ1) is 9.04. The van der Waals surface area contributed by atoms with Gasteiger partial charge in [-0.3, -0.25) is 4.79 Å². The lowest BCUT2D eigenvalue weighted by atomic mass is 10.2. The number of aromatic carboxylic acids is 1. The highest BCUT2D eigenvalue weighted by Crippen LogP contribution is 2.20. The van der Waals surface area contributed by atoms with Crippen molar-refractivity contribution in [2.24, 2.45) is 0 Å². The molecule has 19 heavy (non-hydrogen) atoms. The number of benzene rings is 1. The van der Waals surface area contributed by atoms with Crippen LogP contribution in [0.3, 0.4) is 0 Å². The lowest BCUT2D eigenvalue weighted by Gasteiger charge is -2.07. The zero-order valence-electron chi connectivity index (χ0n) is 10.3. The fourth-order valence-corrected chi connectivity index (χ4v) is 1.92. The number of rotatable bonds is 6. The van der Waals surface area contributed by atoms with Crippen LogP contribution in [0.1, 0.15) is 29.6 Å². The average molecular weight is 283 g/mol. The number of carbonyl (C=O) groups is 2. The van der Waals surface area contributed by atoms with E-state index in [2.05, 4.69) is 10.6 Å². The smallest absolute Gasteiger partial charge is 0.335 e. The van der Waals surface area contributed by atoms with Gasteiger partial charge in [0.1, 0.15) is 0 Å². The molecule has 0 radical (unpaired) electrons. The molecule has 1 aromatic carbocycles. The Labute approximate surface area is 116 Å². The maximum absolute atomic E-state index is 11.7. The monoisotopic (exact) mass is 282 g/mol. The lowest BCUT2D eigenvalue weighted by molar-refractivity contribution is -0.116. The Balaban J connectivity index is 1.89. The predicted octanol–water partition coefficient (Wildman–Crippen LogP) is 2.12. The lowest BCUT2D eigenvalue weighted by Crippen LogP contribution is -2.23. The van der Waals surface area contributed by atoms with Crippen molar-refractivity contribution in [1.29, 1.82) is 0 Å². The molecule has 0 spiro atoms. The van der Waals surface area contributed by atoms with E-state index in [0.717, 1.165) is 0 Å². The van der Waals surface area contributed by atoms with Gasteiger partial charge in [-0.25, -0.2) is 4.79 Å². The summed E-state index contributed by atoms with van der Waals surface area (Å²) < 4.78 is 0. The van der Waals surface area contributed by atoms with E-state index in [1.54, 1.807) is 0 Å². The Hall–Kier alpha value is -1.59. The minimum atomic E-state index is -1.08. The van der Waals surface area contributed by atoms with E-state index in [0.29, 0.717) is 24.7 Å². The molecule has 3 N–H and O–H groups in total. The van der Waals surface area contributed by atoms with Gasteiger partial charge in [0.05, 0.1) is 5.56 Å². The largest absolute Gasteiger partial charge is 0.478 e. The van der Waals surface area contributed by atoms with Crippen LogP contribution in [-0.2, 0) is 4.79 Å². The summed E-state index contributed by atoms with van der Waals surface area (Å²) in [6.07, 6.45) is 2.71. The van der Waals surface area contributed by atoms with E-state index in [4.69, 9.17) is 16.7 Å². The minimum absolute atomic E-state index is 0.0545. The molecule has 0 atom stereocenters. The fraction of sp³-hybridized carbons (Fsp3) is 0.385. The molecular weight excluding hydrogens is 268 g/mol. The Morgan fingerprint density at radius 2 is 2.05 bits per heavy atom. The quantitative estimate of drug-likeness (QED) is 0.747. The van der Waals surface area contributed by atoms with Crippen molar-refractivity contribution < 1.29 is 14.7 Å². The second-order valence-corrected chi connectivity index (χ2v) is 5.00. The number of amides is 1. The second kappa shape index (κ2) is 6.04. The summed E-state index contributed by atoms with van der Waals surface area (Å²) >= 11 is 5.80. The van der Waals surface area contributed by atoms with Crippen LogP contribution in [0.4, 0.5) is 5.69 Å². The third-order valence-corrected chi connectivity index (χ3v) is 3.01. The maximum atomic E-state index is 11.7. The average Bonchev–Trinajstić information content (AvgIpc) is 3.12. The standard InChI is InChI=1S/C13H15ClN2O3/c14-9-5-8(13(18)19)6-11(7-9)16-12(17)3-4-15-10-1-2-10/h5-7,10,15H,1-4H2,(H,16,17)(H,18,19). The van der Waals surface area contributed by atoms with Crippen LogP contribution in [0, 0.1) is 0 Å². The molecule has 0 aliphatic heterocycles. The van der Waals surface area contributed by atoms with Gasteiger partial charge in [0, 0.05) is 29.7 Å². The summed E-state index contributed by atoms with van der Waals surface area (Å²) in [5.74, 6) is -1.24. The van der Waals surface area contributed by atoms with Crippen LogP contribution in [0.5, 0.6) is 0 Å². The third-order valence-electron chi connectivity index (χ3n) is 2.79. The van der Waals surface area contributed by atoms with Gasteiger partial charge in [-0.15, -0.1) is 0 Å². The first-order valence-corrected chi connectivity index (χ1v) is 6.49. The number of anilines is 1. The van der Waals surface area contributed by atoms with Crippen molar-refractivity contribution >= 4 is 29.2 Å². The van der Waals surface area contributed by atoms with Gasteiger partial charge in [-0.1, -0.05) is 11.6 Å². The van der Waals surface area contributed by atoms with Crippen molar-refractivity contribution in [2.45, 2.75) is 25.3 Å². The van der Waals surface area contributed by atoms with Crippen LogP contribution >= 0.6 is 11.6 Å². The molecule has 1 aliphatic rings. The van der Waals surface area contributed by atoms with Crippen LogP contribution in [0.2, 0.25) is 5.02 Å². The first kappa shape index (κ1) is 13.8. The van der Waals surface area contributed by atoms with Gasteiger partial charge in [-0.2, -0.15) is 0 Å². The summed E-state index contributed by atoms with van der Waals surface area (Å²) in [5.41, 5.74) is 0.459. The highest BCUT2D eigenvalue weighted by atomic mass is 35.5. The summed E-state index contributed by atoms with van der Waals surface area (Å²) in [6, 6.07) is 4.83. The van der Waals surface area contributed by atoms with Gasteiger partial charge >= 0.3 is 5.97 Å². The van der Waals surface area contributed by atoms with Crippen molar-refractivity contribution in [2.75, 3.05) is 11.9 Å². The van der Waals surface area contributed by atoms with Crippen LogP contribution in [-0.4, -0.2) is 29.6 Å². The zero-order valence-corrected chi connectivity index (χ0v) is 11.0. The topological polar surface area (TPSA) is 78.4 Å². The number of carbonyl (C=O) groups excluding carboxylic acids is 1. The summed E-state index contributed by atoms with van der Waals surface area (Å²) in [5, 5.41) is 15.1. The molecule has 0 unspecified atom stereocenters. The Bertz CT molecular complexity index is 501. The molecule has 1 amide bonds. The van der Waals surface area contributed by atoms with Crippen molar-refractivity contribution in [1.82, 2.24) is 5.32 Å². The Morgan fingerprint density at radius 1 is 1.32 bits per heavy atom. The first-order valence-electron chi connectivity index (χ1n) is 6.12. The van der Waals surface area contributed by atoms with E-state index in [9.17, 15) is 9.59 Å². The minimum Gasteiger partial charge on any atom is -0.478 e. The molecule has 5 nitrogen and oxygen atoms in total. The number of halogens is 1. The van der Waals surface area contributed by atoms with Gasteiger partial charge in [-0.05, 0) is 31.0 Å². The second-order valence-electron chi connectivity index (χ2n) is 4.56.